The highest BCUT2D eigenvalue weighted by Gasteiger charge is 2.25. The summed E-state index contributed by atoms with van der Waals surface area (Å²) in [6.07, 6.45) is 3.39. The van der Waals surface area contributed by atoms with Gasteiger partial charge in [0, 0.05) is 6.07 Å². The Balaban J connectivity index is 2.55. The lowest BCUT2D eigenvalue weighted by atomic mass is 10.0. The molecule has 0 spiro atoms. The number of aryl methyl sites for hydroxylation is 1. The van der Waals surface area contributed by atoms with Gasteiger partial charge in [-0.05, 0) is 70.2 Å². The maximum atomic E-state index is 13.9. The summed E-state index contributed by atoms with van der Waals surface area (Å²) in [5.41, 5.74) is 0.952. The van der Waals surface area contributed by atoms with Crippen LogP contribution in [0, 0.1) is 23.0 Å². The van der Waals surface area contributed by atoms with E-state index in [1.165, 1.54) is 6.07 Å². The number of benzene rings is 2. The molecular weight excluding hydrogens is 440 g/mol. The third-order valence-corrected chi connectivity index (χ3v) is 6.15. The van der Waals surface area contributed by atoms with Crippen molar-refractivity contribution in [1.29, 1.82) is 5.26 Å². The van der Waals surface area contributed by atoms with Crippen LogP contribution < -0.4 is 0 Å². The fourth-order valence-corrected chi connectivity index (χ4v) is 4.18. The van der Waals surface area contributed by atoms with Crippen molar-refractivity contribution in [3.8, 4) is 11.8 Å². The maximum absolute atomic E-state index is 13.9. The minimum Gasteiger partial charge on any atom is -0.506 e. The Bertz CT molecular complexity index is 1040. The number of phenolic OH excluding ortho intramolecular Hbond substituents is 1. The Hall–Kier alpha value is -2.24. The normalized spacial score (nSPS) is 12.0. The summed E-state index contributed by atoms with van der Waals surface area (Å²) in [4.78, 5) is -1.47. The van der Waals surface area contributed by atoms with Gasteiger partial charge in [-0.25, -0.2) is 17.2 Å². The van der Waals surface area contributed by atoms with Gasteiger partial charge >= 0.3 is 0 Å². The van der Waals surface area contributed by atoms with Crippen LogP contribution in [0.1, 0.15) is 30.9 Å². The molecule has 0 atom stereocenters. The number of aromatic hydroxyl groups is 1. The lowest BCUT2D eigenvalue weighted by molar-refractivity contribution is 0.463. The van der Waals surface area contributed by atoms with Gasteiger partial charge in [0.05, 0.1) is 4.47 Å². The van der Waals surface area contributed by atoms with E-state index in [1.807, 2.05) is 6.92 Å². The third kappa shape index (κ3) is 4.73. The van der Waals surface area contributed by atoms with E-state index in [0.717, 1.165) is 31.1 Å². The van der Waals surface area contributed by atoms with E-state index in [2.05, 4.69) is 15.9 Å². The van der Waals surface area contributed by atoms with Crippen molar-refractivity contribution in [2.75, 3.05) is 0 Å². The summed E-state index contributed by atoms with van der Waals surface area (Å²) >= 11 is 3.20. The van der Waals surface area contributed by atoms with Crippen LogP contribution in [0.2, 0.25) is 0 Å². The highest BCUT2D eigenvalue weighted by Crippen LogP contribution is 2.32. The van der Waals surface area contributed by atoms with E-state index < -0.39 is 31.3 Å². The van der Waals surface area contributed by atoms with Crippen LogP contribution in [0.5, 0.6) is 5.75 Å². The van der Waals surface area contributed by atoms with Crippen molar-refractivity contribution in [3.05, 3.63) is 62.5 Å². The van der Waals surface area contributed by atoms with Crippen LogP contribution in [0.4, 0.5) is 8.78 Å². The van der Waals surface area contributed by atoms with Gasteiger partial charge in [0.15, 0.2) is 0 Å². The molecule has 8 heteroatoms. The van der Waals surface area contributed by atoms with Crippen LogP contribution in [0.15, 0.2) is 44.6 Å². The van der Waals surface area contributed by atoms with Crippen LogP contribution in [-0.4, -0.2) is 13.5 Å². The molecule has 2 aromatic rings. The minimum absolute atomic E-state index is 0.0477. The molecule has 142 valence electrons. The molecule has 0 bridgehead atoms. The average molecular weight is 456 g/mol. The van der Waals surface area contributed by atoms with Crippen molar-refractivity contribution >= 4 is 31.8 Å². The number of unbranched alkanes of at least 4 members (excludes halogenated alkanes) is 1. The molecule has 4 nitrogen and oxygen atoms in total. The van der Waals surface area contributed by atoms with Crippen molar-refractivity contribution in [3.63, 3.8) is 0 Å². The Morgan fingerprint density at radius 2 is 2.00 bits per heavy atom. The zero-order chi connectivity index (χ0) is 20.2. The van der Waals surface area contributed by atoms with E-state index >= 15 is 0 Å². The van der Waals surface area contributed by atoms with Gasteiger partial charge in [-0.1, -0.05) is 13.3 Å². The van der Waals surface area contributed by atoms with E-state index in [1.54, 1.807) is 12.1 Å². The number of nitrogens with zero attached hydrogens (tertiary/aromatic N) is 1. The first-order valence-corrected chi connectivity index (χ1v) is 10.3. The maximum Gasteiger partial charge on any atom is 0.219 e. The molecule has 0 saturated carbocycles. The van der Waals surface area contributed by atoms with Gasteiger partial charge in [0.1, 0.15) is 33.3 Å². The number of sulfone groups is 1. The molecule has 1 N–H and O–H groups in total. The number of phenols is 1. The Labute approximate surface area is 164 Å². The fraction of sp³-hybridized carbons (Fsp3) is 0.211. The van der Waals surface area contributed by atoms with Crippen molar-refractivity contribution in [2.45, 2.75) is 31.1 Å². The molecule has 2 rings (SSSR count). The molecule has 27 heavy (non-hydrogen) atoms. The van der Waals surface area contributed by atoms with Crippen LogP contribution in [0.25, 0.3) is 6.08 Å². The molecule has 0 aliphatic rings. The van der Waals surface area contributed by atoms with Crippen molar-refractivity contribution < 1.29 is 22.3 Å². The summed E-state index contributed by atoms with van der Waals surface area (Å²) in [5, 5.41) is 19.4. The summed E-state index contributed by atoms with van der Waals surface area (Å²) < 4.78 is 52.5. The summed E-state index contributed by atoms with van der Waals surface area (Å²) in [6.45, 7) is 1.99. The number of nitriles is 1. The molecule has 0 saturated heterocycles. The second kappa shape index (κ2) is 8.63. The molecule has 0 aliphatic heterocycles. The Morgan fingerprint density at radius 1 is 1.30 bits per heavy atom. The quantitative estimate of drug-likeness (QED) is 0.484. The zero-order valence-electron chi connectivity index (χ0n) is 14.3. The molecule has 0 fully saturated rings. The van der Waals surface area contributed by atoms with Crippen molar-refractivity contribution in [1.82, 2.24) is 0 Å². The van der Waals surface area contributed by atoms with E-state index in [0.29, 0.717) is 28.1 Å². The lowest BCUT2D eigenvalue weighted by Gasteiger charge is -2.09. The molecular formula is C19H16BrF2NO3S. The number of allylic oxidation sites excluding steroid dienone is 1. The van der Waals surface area contributed by atoms with Crippen LogP contribution >= 0.6 is 15.9 Å². The van der Waals surface area contributed by atoms with Gasteiger partial charge < -0.3 is 5.11 Å². The molecule has 0 heterocycles. The standard InChI is InChI=1S/C19H16BrF2NO3S/c1-2-3-4-13-7-12(9-16(20)19(13)24)8-15(11-23)27(25,26)18-6-5-14(21)10-17(18)22/h5-10,24H,2-4H2,1H3. The zero-order valence-corrected chi connectivity index (χ0v) is 16.7. The summed E-state index contributed by atoms with van der Waals surface area (Å²) in [5.74, 6) is -2.14. The second-order valence-corrected chi connectivity index (χ2v) is 8.55. The first-order valence-electron chi connectivity index (χ1n) is 8.04. The number of hydrogen-bond acceptors (Lipinski definition) is 4. The predicted octanol–water partition coefficient (Wildman–Crippen LogP) is 5.11. The largest absolute Gasteiger partial charge is 0.506 e. The van der Waals surface area contributed by atoms with Gasteiger partial charge in [-0.3, -0.25) is 0 Å². The molecule has 0 aliphatic carbocycles. The number of halogens is 3. The average Bonchev–Trinajstić information content (AvgIpc) is 2.60. The van der Waals surface area contributed by atoms with Crippen LogP contribution in [-0.2, 0) is 16.3 Å². The predicted molar refractivity (Wildman–Crippen MR) is 102 cm³/mol. The SMILES string of the molecule is CCCCc1cc(C=C(C#N)S(=O)(=O)c2ccc(F)cc2F)cc(Br)c1O. The Kier molecular flexibility index (Phi) is 6.73. The topological polar surface area (TPSA) is 78.2 Å². The number of hydrogen-bond donors (Lipinski definition) is 1. The molecule has 0 amide bonds. The second-order valence-electron chi connectivity index (χ2n) is 5.81. The first-order chi connectivity index (χ1) is 12.7. The highest BCUT2D eigenvalue weighted by atomic mass is 79.9. The van der Waals surface area contributed by atoms with Gasteiger partial charge in [-0.15, -0.1) is 0 Å². The van der Waals surface area contributed by atoms with E-state index in [-0.39, 0.29) is 5.75 Å². The lowest BCUT2D eigenvalue weighted by Crippen LogP contribution is -2.06. The summed E-state index contributed by atoms with van der Waals surface area (Å²) in [6, 6.07) is 6.63. The third-order valence-electron chi connectivity index (χ3n) is 3.85. The van der Waals surface area contributed by atoms with Gasteiger partial charge in [-0.2, -0.15) is 5.26 Å². The monoisotopic (exact) mass is 455 g/mol. The fourth-order valence-electron chi connectivity index (χ4n) is 2.45. The number of rotatable bonds is 6. The van der Waals surface area contributed by atoms with Crippen molar-refractivity contribution in [2.24, 2.45) is 0 Å². The first kappa shape index (κ1) is 21.1. The summed E-state index contributed by atoms with van der Waals surface area (Å²) in [7, 11) is -4.47. The Morgan fingerprint density at radius 3 is 2.59 bits per heavy atom. The minimum atomic E-state index is -4.47. The highest BCUT2D eigenvalue weighted by molar-refractivity contribution is 9.10. The van der Waals surface area contributed by atoms with Gasteiger partial charge in [0.2, 0.25) is 9.84 Å². The van der Waals surface area contributed by atoms with E-state index in [9.17, 15) is 27.6 Å². The van der Waals surface area contributed by atoms with Gasteiger partial charge in [0.25, 0.3) is 0 Å². The molecule has 0 radical (unpaired) electrons. The van der Waals surface area contributed by atoms with E-state index in [4.69, 9.17) is 0 Å². The van der Waals surface area contributed by atoms with Crippen LogP contribution in [0.3, 0.4) is 0 Å². The smallest absolute Gasteiger partial charge is 0.219 e. The molecule has 2 aromatic carbocycles. The molecule has 0 aromatic heterocycles. The molecule has 0 unspecified atom stereocenters.